The number of fused-ring (bicyclic) bond motifs is 1. The molecule has 5 rings (SSSR count). The fourth-order valence-corrected chi connectivity index (χ4v) is 5.40. The summed E-state index contributed by atoms with van der Waals surface area (Å²) < 4.78 is 5.50. The molecular formula is C34H41ClN2O2. The molecule has 0 radical (unpaired) electrons. The number of nitrogens with one attached hydrogen (secondary N) is 1. The van der Waals surface area contributed by atoms with Gasteiger partial charge in [0.1, 0.15) is 0 Å². The predicted molar refractivity (Wildman–Crippen MR) is 164 cm³/mol. The van der Waals surface area contributed by atoms with E-state index in [-0.39, 0.29) is 5.91 Å². The minimum Gasteiger partial charge on any atom is -0.381 e. The van der Waals surface area contributed by atoms with Crippen LogP contribution in [-0.4, -0.2) is 43.5 Å². The van der Waals surface area contributed by atoms with Gasteiger partial charge >= 0.3 is 0 Å². The molecule has 4 nitrogen and oxygen atoms in total. The lowest BCUT2D eigenvalue weighted by atomic mass is 9.91. The molecule has 1 N–H and O–H groups in total. The third kappa shape index (κ3) is 8.04. The van der Waals surface area contributed by atoms with Gasteiger partial charge in [-0.1, -0.05) is 54.1 Å². The smallest absolute Gasteiger partial charge is 0.251 e. The number of anilines is 1. The van der Waals surface area contributed by atoms with Crippen molar-refractivity contribution in [1.29, 1.82) is 0 Å². The Morgan fingerprint density at radius 3 is 2.31 bits per heavy atom. The van der Waals surface area contributed by atoms with Gasteiger partial charge in [-0.15, -0.1) is 11.6 Å². The first-order valence-corrected chi connectivity index (χ1v) is 14.8. The molecule has 0 spiro atoms. The fourth-order valence-electron chi connectivity index (χ4n) is 5.40. The van der Waals surface area contributed by atoms with Crippen molar-refractivity contribution in [2.45, 2.75) is 58.0 Å². The zero-order valence-electron chi connectivity index (χ0n) is 23.5. The summed E-state index contributed by atoms with van der Waals surface area (Å²) in [6, 6.07) is 24.2. The first kappa shape index (κ1) is 29.1. The Morgan fingerprint density at radius 1 is 0.923 bits per heavy atom. The molecule has 5 heteroatoms. The third-order valence-electron chi connectivity index (χ3n) is 7.75. The van der Waals surface area contributed by atoms with Crippen LogP contribution in [0.5, 0.6) is 0 Å². The number of alkyl halides is 1. The monoisotopic (exact) mass is 544 g/mol. The normalized spacial score (nSPS) is 17.1. The van der Waals surface area contributed by atoms with Gasteiger partial charge in [0.15, 0.2) is 0 Å². The fraction of sp³-hybridized carbons (Fsp3) is 0.382. The van der Waals surface area contributed by atoms with E-state index in [9.17, 15) is 4.79 Å². The van der Waals surface area contributed by atoms with Crippen LogP contribution in [0.15, 0.2) is 72.3 Å². The first-order chi connectivity index (χ1) is 19.0. The Morgan fingerprint density at radius 2 is 1.59 bits per heavy atom. The Hall–Kier alpha value is -2.92. The van der Waals surface area contributed by atoms with Gasteiger partial charge in [0.25, 0.3) is 5.91 Å². The van der Waals surface area contributed by atoms with Crippen LogP contribution >= 0.6 is 11.6 Å². The Kier molecular flexibility index (Phi) is 10.8. The number of rotatable bonds is 6. The number of carbonyl (C=O) groups excluding carboxylic acids is 1. The highest BCUT2D eigenvalue weighted by Gasteiger charge is 2.19. The summed E-state index contributed by atoms with van der Waals surface area (Å²) in [5, 5.41) is 3.15. The Labute approximate surface area is 239 Å². The molecule has 3 aromatic rings. The Balaban J connectivity index is 0.00000172. The van der Waals surface area contributed by atoms with E-state index in [2.05, 4.69) is 96.5 Å². The number of hydrogen-bond acceptors (Lipinski definition) is 3. The zero-order chi connectivity index (χ0) is 27.6. The molecule has 2 aliphatic rings. The number of hydrogen-bond donors (Lipinski definition) is 1. The van der Waals surface area contributed by atoms with Gasteiger partial charge in [0.2, 0.25) is 0 Å². The number of benzene rings is 3. The molecule has 3 aromatic carbocycles. The molecule has 0 saturated carbocycles. The van der Waals surface area contributed by atoms with Crippen molar-refractivity contribution in [2.24, 2.45) is 0 Å². The summed E-state index contributed by atoms with van der Waals surface area (Å²) in [5.41, 5.74) is 9.09. The molecule has 1 saturated heterocycles. The van der Waals surface area contributed by atoms with Crippen molar-refractivity contribution >= 4 is 29.3 Å². The molecule has 1 fully saturated rings. The number of aryl methyl sites for hydroxylation is 2. The maximum Gasteiger partial charge on any atom is 0.251 e. The lowest BCUT2D eigenvalue weighted by Gasteiger charge is -2.31. The van der Waals surface area contributed by atoms with Gasteiger partial charge in [-0.2, -0.15) is 0 Å². The molecule has 0 atom stereocenters. The third-order valence-corrected chi connectivity index (χ3v) is 7.75. The number of halogens is 1. The van der Waals surface area contributed by atoms with Crippen molar-refractivity contribution in [3.63, 3.8) is 0 Å². The van der Waals surface area contributed by atoms with Crippen LogP contribution in [0.3, 0.4) is 0 Å². The molecule has 0 aromatic heterocycles. The van der Waals surface area contributed by atoms with Gasteiger partial charge in [-0.05, 0) is 105 Å². The predicted octanol–water partition coefficient (Wildman–Crippen LogP) is 7.88. The molecule has 1 amide bonds. The van der Waals surface area contributed by atoms with E-state index < -0.39 is 0 Å². The molecular weight excluding hydrogens is 504 g/mol. The highest BCUT2D eigenvalue weighted by Crippen LogP contribution is 2.29. The van der Waals surface area contributed by atoms with E-state index in [1.54, 1.807) is 0 Å². The van der Waals surface area contributed by atoms with Gasteiger partial charge in [-0.3, -0.25) is 9.69 Å². The summed E-state index contributed by atoms with van der Waals surface area (Å²) >= 11 is 4.64. The van der Waals surface area contributed by atoms with E-state index in [0.717, 1.165) is 75.1 Å². The second kappa shape index (κ2) is 14.5. The lowest BCUT2D eigenvalue weighted by Crippen LogP contribution is -2.36. The summed E-state index contributed by atoms with van der Waals surface area (Å²) in [6.07, 6.45) is 9.74. The molecule has 1 heterocycles. The average molecular weight is 545 g/mol. The molecule has 0 unspecified atom stereocenters. The van der Waals surface area contributed by atoms with E-state index in [1.807, 2.05) is 12.1 Å². The first-order valence-electron chi connectivity index (χ1n) is 14.0. The van der Waals surface area contributed by atoms with Crippen LogP contribution in [0.25, 0.3) is 17.2 Å². The number of ether oxygens (including phenoxy) is 1. The van der Waals surface area contributed by atoms with Gasteiger partial charge < -0.3 is 10.1 Å². The molecule has 1 aliphatic carbocycles. The SMILES string of the molecule is CCl.Cc1ccc(-c2ccc3c(c2)/C=C(/C(=O)Nc2ccc(CN(C)C4CCOCC4)cc2)CCCC3)cc1. The maximum absolute atomic E-state index is 13.3. The molecule has 1 aliphatic heterocycles. The van der Waals surface area contributed by atoms with Crippen LogP contribution in [0.1, 0.15) is 54.4 Å². The molecule has 206 valence electrons. The Bertz CT molecular complexity index is 1250. The molecule has 39 heavy (non-hydrogen) atoms. The number of amides is 1. The topological polar surface area (TPSA) is 41.6 Å². The minimum absolute atomic E-state index is 0.000614. The van der Waals surface area contributed by atoms with Crippen LogP contribution in [0, 0.1) is 6.92 Å². The quantitative estimate of drug-likeness (QED) is 0.321. The number of nitrogens with zero attached hydrogens (tertiary/aromatic N) is 1. The van der Waals surface area contributed by atoms with Gasteiger partial charge in [0, 0.05) is 43.4 Å². The van der Waals surface area contributed by atoms with Crippen LogP contribution in [0.2, 0.25) is 0 Å². The maximum atomic E-state index is 13.3. The standard InChI is InChI=1S/C33H38N2O2.CH3Cl/c1-24-7-11-27(12-8-24)28-14-13-26-5-3-4-6-29(22-30(26)21-28)33(36)34-31-15-9-25(10-16-31)23-35(2)32-17-19-37-20-18-32;1-2/h7-16,21-22,32H,3-6,17-20,23H2,1-2H3,(H,34,36);1H3/b29-22+;. The van der Waals surface area contributed by atoms with Crippen molar-refractivity contribution in [2.75, 3.05) is 32.0 Å². The average Bonchev–Trinajstić information content (AvgIpc) is 2.96. The molecule has 0 bridgehead atoms. The largest absolute Gasteiger partial charge is 0.381 e. The van der Waals surface area contributed by atoms with Gasteiger partial charge in [0.05, 0.1) is 0 Å². The van der Waals surface area contributed by atoms with Crippen molar-refractivity contribution < 1.29 is 9.53 Å². The van der Waals surface area contributed by atoms with E-state index in [0.29, 0.717) is 6.04 Å². The summed E-state index contributed by atoms with van der Waals surface area (Å²) in [5.74, 6) is 0.000614. The van der Waals surface area contributed by atoms with Crippen molar-refractivity contribution in [1.82, 2.24) is 4.90 Å². The van der Waals surface area contributed by atoms with Crippen molar-refractivity contribution in [3.8, 4) is 11.1 Å². The van der Waals surface area contributed by atoms with E-state index in [4.69, 9.17) is 4.74 Å². The highest BCUT2D eigenvalue weighted by molar-refractivity contribution is 6.15. The summed E-state index contributed by atoms with van der Waals surface area (Å²) in [4.78, 5) is 15.7. The summed E-state index contributed by atoms with van der Waals surface area (Å²) in [6.45, 7) is 4.72. The highest BCUT2D eigenvalue weighted by atomic mass is 35.5. The lowest BCUT2D eigenvalue weighted by molar-refractivity contribution is -0.112. The van der Waals surface area contributed by atoms with E-state index >= 15 is 0 Å². The number of carbonyl (C=O) groups is 1. The van der Waals surface area contributed by atoms with Crippen LogP contribution in [-0.2, 0) is 22.5 Å². The minimum atomic E-state index is 0.000614. The van der Waals surface area contributed by atoms with Crippen LogP contribution in [0.4, 0.5) is 5.69 Å². The summed E-state index contributed by atoms with van der Waals surface area (Å²) in [7, 11) is 2.19. The van der Waals surface area contributed by atoms with E-state index in [1.165, 1.54) is 34.2 Å². The van der Waals surface area contributed by atoms with Crippen molar-refractivity contribution in [3.05, 3.63) is 94.6 Å². The zero-order valence-corrected chi connectivity index (χ0v) is 24.3. The van der Waals surface area contributed by atoms with Crippen LogP contribution < -0.4 is 5.32 Å². The van der Waals surface area contributed by atoms with Gasteiger partial charge in [-0.25, -0.2) is 0 Å². The second-order valence-corrected chi connectivity index (χ2v) is 10.6. The second-order valence-electron chi connectivity index (χ2n) is 10.6.